The van der Waals surface area contributed by atoms with Gasteiger partial charge < -0.3 is 0 Å². The summed E-state index contributed by atoms with van der Waals surface area (Å²) in [6.45, 7) is 0. The second-order valence-corrected chi connectivity index (χ2v) is 3.50. The van der Waals surface area contributed by atoms with Gasteiger partial charge in [0.2, 0.25) is 8.80 Å². The Morgan fingerprint density at radius 3 is 2.14 bits per heavy atom. The monoisotopic (exact) mass is 107 g/mol. The molecule has 0 saturated heterocycles. The Hall–Kier alpha value is -0.813. The highest BCUT2D eigenvalue weighted by atomic mass is 28.3. The largest absolute Gasteiger partial charge is 0.206 e. The normalized spacial score (nSPS) is 17.6. The van der Waals surface area contributed by atoms with Crippen molar-refractivity contribution in [3.05, 3.63) is 23.6 Å². The topological polar surface area (TPSA) is 23.8 Å². The van der Waals surface area contributed by atoms with Crippen LogP contribution in [0.25, 0.3) is 0 Å². The number of rotatable bonds is 0. The second kappa shape index (κ2) is 1.76. The van der Waals surface area contributed by atoms with Gasteiger partial charge in [0.1, 0.15) is 0 Å². The molecule has 1 aliphatic heterocycles. The maximum absolute atomic E-state index is 8.28. The lowest BCUT2D eigenvalue weighted by atomic mass is 10.6. The molecule has 0 fully saturated rings. The summed E-state index contributed by atoms with van der Waals surface area (Å²) in [5.74, 6) is 0. The molecule has 0 aromatic rings. The van der Waals surface area contributed by atoms with Crippen LogP contribution in [0.3, 0.4) is 0 Å². The Morgan fingerprint density at radius 1 is 1.29 bits per heavy atom. The van der Waals surface area contributed by atoms with Crippen LogP contribution in [0.2, 0.25) is 0 Å². The molecular weight excluding hydrogens is 102 g/mol. The van der Waals surface area contributed by atoms with E-state index >= 15 is 0 Å². The molecule has 0 radical (unpaired) electrons. The van der Waals surface area contributed by atoms with Crippen molar-refractivity contribution in [2.45, 2.75) is 0 Å². The molecule has 0 saturated carbocycles. The molecule has 0 aliphatic carbocycles. The van der Waals surface area contributed by atoms with Crippen LogP contribution in [0.15, 0.2) is 23.6 Å². The van der Waals surface area contributed by atoms with E-state index in [4.69, 9.17) is 5.26 Å². The van der Waals surface area contributed by atoms with Gasteiger partial charge in [0, 0.05) is 5.69 Å². The minimum Gasteiger partial charge on any atom is -0.206 e. The first kappa shape index (κ1) is 4.35. The molecule has 1 rings (SSSR count). The lowest BCUT2D eigenvalue weighted by molar-refractivity contribution is 1.56. The van der Waals surface area contributed by atoms with E-state index in [2.05, 4.69) is 5.69 Å². The van der Waals surface area contributed by atoms with Gasteiger partial charge >= 0.3 is 0 Å². The van der Waals surface area contributed by atoms with Gasteiger partial charge in [-0.25, -0.2) is 5.26 Å². The van der Waals surface area contributed by atoms with Crippen LogP contribution >= 0.6 is 0 Å². The Kier molecular flexibility index (Phi) is 1.09. The molecule has 2 heteroatoms. The summed E-state index contributed by atoms with van der Waals surface area (Å²) in [6.07, 6.45) is 3.89. The number of hydrogen-bond acceptors (Lipinski definition) is 1. The smallest absolute Gasteiger partial charge is 0.204 e. The minimum absolute atomic E-state index is 1.12. The fraction of sp³-hybridized carbons (Fsp3) is 0. The number of nitrogens with zero attached hydrogens (tertiary/aromatic N) is 1. The third kappa shape index (κ3) is 0.786. The van der Waals surface area contributed by atoms with Gasteiger partial charge in [-0.05, 0) is 0 Å². The fourth-order valence-electron chi connectivity index (χ4n) is 0.518. The van der Waals surface area contributed by atoms with E-state index in [0.29, 0.717) is 0 Å². The first-order valence-corrected chi connectivity index (χ1v) is 4.09. The van der Waals surface area contributed by atoms with Gasteiger partial charge in [-0.15, -0.1) is 0 Å². The summed E-state index contributed by atoms with van der Waals surface area (Å²) in [6, 6.07) is 0. The zero-order valence-electron chi connectivity index (χ0n) is 3.83. The standard InChI is InChI=1S/C5H5NSi/c6-5-7-3-1-2-4-7/h1-4,7H. The second-order valence-electron chi connectivity index (χ2n) is 1.42. The van der Waals surface area contributed by atoms with Gasteiger partial charge in [-0.1, -0.05) is 23.6 Å². The van der Waals surface area contributed by atoms with E-state index in [-0.39, 0.29) is 0 Å². The van der Waals surface area contributed by atoms with E-state index in [9.17, 15) is 0 Å². The molecule has 1 heterocycles. The molecule has 34 valence electrons. The molecule has 1 nitrogen and oxygen atoms in total. The van der Waals surface area contributed by atoms with E-state index in [1.165, 1.54) is 0 Å². The zero-order valence-corrected chi connectivity index (χ0v) is 4.99. The molecule has 0 aromatic heterocycles. The molecule has 1 aliphatic rings. The van der Waals surface area contributed by atoms with Crippen LogP contribution in [0, 0.1) is 11.0 Å². The van der Waals surface area contributed by atoms with Crippen molar-refractivity contribution in [2.24, 2.45) is 0 Å². The van der Waals surface area contributed by atoms with Gasteiger partial charge in [0.25, 0.3) is 0 Å². The van der Waals surface area contributed by atoms with E-state index in [1.54, 1.807) is 0 Å². The summed E-state index contributed by atoms with van der Waals surface area (Å²) >= 11 is 0. The Labute approximate surface area is 44.2 Å². The third-order valence-corrected chi connectivity index (χ3v) is 2.47. The number of nitriles is 1. The van der Waals surface area contributed by atoms with Crippen LogP contribution in [-0.4, -0.2) is 8.80 Å². The van der Waals surface area contributed by atoms with Crippen LogP contribution in [0.5, 0.6) is 0 Å². The quantitative estimate of drug-likeness (QED) is 0.413. The van der Waals surface area contributed by atoms with Gasteiger partial charge in [-0.3, -0.25) is 0 Å². The van der Waals surface area contributed by atoms with Crippen molar-refractivity contribution >= 4 is 8.80 Å². The fourth-order valence-corrected chi connectivity index (χ4v) is 1.55. The van der Waals surface area contributed by atoms with Crippen LogP contribution < -0.4 is 0 Å². The summed E-state index contributed by atoms with van der Waals surface area (Å²) in [7, 11) is -1.12. The molecule has 0 N–H and O–H groups in total. The predicted molar refractivity (Wildman–Crippen MR) is 31.0 cm³/mol. The molecule has 0 unspecified atom stereocenters. The Bertz CT molecular complexity index is 140. The van der Waals surface area contributed by atoms with Crippen LogP contribution in [0.4, 0.5) is 0 Å². The summed E-state index contributed by atoms with van der Waals surface area (Å²) < 4.78 is 0. The van der Waals surface area contributed by atoms with Gasteiger partial charge in [-0.2, -0.15) is 0 Å². The molecule has 0 bridgehead atoms. The summed E-state index contributed by atoms with van der Waals surface area (Å²) in [5, 5.41) is 8.28. The number of hydrogen-bond donors (Lipinski definition) is 0. The molecular formula is C5H5NSi. The van der Waals surface area contributed by atoms with E-state index in [1.807, 2.05) is 23.6 Å². The molecule has 0 atom stereocenters. The van der Waals surface area contributed by atoms with Crippen LogP contribution in [-0.2, 0) is 0 Å². The predicted octanol–water partition coefficient (Wildman–Crippen LogP) is 0.481. The van der Waals surface area contributed by atoms with Gasteiger partial charge in [0.15, 0.2) is 0 Å². The zero-order chi connectivity index (χ0) is 5.11. The van der Waals surface area contributed by atoms with Crippen molar-refractivity contribution in [3.8, 4) is 5.69 Å². The van der Waals surface area contributed by atoms with Crippen molar-refractivity contribution < 1.29 is 0 Å². The van der Waals surface area contributed by atoms with Crippen molar-refractivity contribution in [1.29, 1.82) is 5.26 Å². The third-order valence-electron chi connectivity index (χ3n) is 0.897. The summed E-state index contributed by atoms with van der Waals surface area (Å²) in [4.78, 5) is 0. The first-order valence-electron chi connectivity index (χ1n) is 2.18. The average Bonchev–Trinajstić information content (AvgIpc) is 2.14. The highest BCUT2D eigenvalue weighted by Gasteiger charge is 2.00. The van der Waals surface area contributed by atoms with Crippen molar-refractivity contribution in [2.75, 3.05) is 0 Å². The van der Waals surface area contributed by atoms with E-state index in [0.717, 1.165) is 0 Å². The lowest BCUT2D eigenvalue weighted by Gasteiger charge is -1.76. The molecule has 0 spiro atoms. The Morgan fingerprint density at radius 2 is 1.86 bits per heavy atom. The highest BCUT2D eigenvalue weighted by Crippen LogP contribution is 1.94. The van der Waals surface area contributed by atoms with Crippen molar-refractivity contribution in [3.63, 3.8) is 0 Å². The van der Waals surface area contributed by atoms with Crippen molar-refractivity contribution in [1.82, 2.24) is 0 Å². The SMILES string of the molecule is N#C[SiH]1C=CC=C1. The molecule has 7 heavy (non-hydrogen) atoms. The molecule has 0 aromatic carbocycles. The first-order chi connectivity index (χ1) is 3.43. The molecule has 0 amide bonds. The lowest BCUT2D eigenvalue weighted by Crippen LogP contribution is -1.96. The van der Waals surface area contributed by atoms with E-state index < -0.39 is 8.80 Å². The summed E-state index contributed by atoms with van der Waals surface area (Å²) in [5.41, 5.74) is 6.23. The Balaban J connectivity index is 2.65. The minimum atomic E-state index is -1.12. The maximum Gasteiger partial charge on any atom is 0.204 e. The maximum atomic E-state index is 8.28. The van der Waals surface area contributed by atoms with Crippen LogP contribution in [0.1, 0.15) is 0 Å². The average molecular weight is 107 g/mol. The van der Waals surface area contributed by atoms with Gasteiger partial charge in [0.05, 0.1) is 0 Å². The highest BCUT2D eigenvalue weighted by molar-refractivity contribution is 6.77. The number of allylic oxidation sites excluding steroid dienone is 2.